The first-order chi connectivity index (χ1) is 8.63. The van der Waals surface area contributed by atoms with Gasteiger partial charge in [-0.1, -0.05) is 50.6 Å². The Hall–Kier alpha value is -0.570. The zero-order valence-corrected chi connectivity index (χ0v) is 12.3. The predicted molar refractivity (Wildman–Crippen MR) is 78.0 cm³/mol. The van der Waals surface area contributed by atoms with Crippen LogP contribution in [0.25, 0.3) is 0 Å². The Labute approximate surface area is 116 Å². The van der Waals surface area contributed by atoms with Crippen LogP contribution in [0.4, 0.5) is 0 Å². The maximum Gasteiger partial charge on any atom is 0.0735 e. The molecule has 3 heteroatoms. The second kappa shape index (κ2) is 8.52. The minimum atomic E-state index is 0.250. The quantitative estimate of drug-likeness (QED) is 0.773. The minimum absolute atomic E-state index is 0.250. The van der Waals surface area contributed by atoms with Crippen molar-refractivity contribution >= 4 is 11.6 Å². The highest BCUT2D eigenvalue weighted by Gasteiger charge is 2.08. The maximum atomic E-state index is 6.10. The van der Waals surface area contributed by atoms with Crippen molar-refractivity contribution in [3.05, 3.63) is 34.9 Å². The molecule has 18 heavy (non-hydrogen) atoms. The number of benzene rings is 1. The summed E-state index contributed by atoms with van der Waals surface area (Å²) in [4.78, 5) is 0. The van der Waals surface area contributed by atoms with Crippen LogP contribution in [0.5, 0.6) is 0 Å². The van der Waals surface area contributed by atoms with Crippen LogP contribution >= 0.6 is 11.6 Å². The van der Waals surface area contributed by atoms with E-state index in [0.717, 1.165) is 30.1 Å². The Morgan fingerprint density at radius 3 is 2.56 bits per heavy atom. The first kappa shape index (κ1) is 15.5. The highest BCUT2D eigenvalue weighted by molar-refractivity contribution is 6.31. The second-order valence-electron chi connectivity index (χ2n) is 4.98. The van der Waals surface area contributed by atoms with Gasteiger partial charge >= 0.3 is 0 Å². The molecule has 1 rings (SSSR count). The molecule has 0 saturated carbocycles. The topological polar surface area (TPSA) is 21.3 Å². The van der Waals surface area contributed by atoms with Crippen molar-refractivity contribution in [2.45, 2.75) is 39.9 Å². The zero-order valence-electron chi connectivity index (χ0n) is 11.6. The summed E-state index contributed by atoms with van der Waals surface area (Å²) in [5, 5.41) is 4.21. The molecule has 1 aromatic carbocycles. The fourth-order valence-electron chi connectivity index (χ4n) is 1.68. The van der Waals surface area contributed by atoms with E-state index in [1.807, 2.05) is 24.3 Å². The Morgan fingerprint density at radius 2 is 1.94 bits per heavy atom. The Kier molecular flexibility index (Phi) is 7.33. The molecule has 0 aliphatic heterocycles. The lowest BCUT2D eigenvalue weighted by Crippen LogP contribution is -2.31. The van der Waals surface area contributed by atoms with E-state index in [0.29, 0.717) is 12.5 Å². The number of ether oxygens (including phenoxy) is 1. The van der Waals surface area contributed by atoms with Gasteiger partial charge in [-0.3, -0.25) is 0 Å². The van der Waals surface area contributed by atoms with E-state index in [9.17, 15) is 0 Å². The van der Waals surface area contributed by atoms with Gasteiger partial charge in [0.15, 0.2) is 0 Å². The summed E-state index contributed by atoms with van der Waals surface area (Å²) in [7, 11) is 0. The Balaban J connectivity index is 2.33. The number of nitrogens with one attached hydrogen (secondary N) is 1. The minimum Gasteiger partial charge on any atom is -0.372 e. The molecule has 102 valence electrons. The summed E-state index contributed by atoms with van der Waals surface area (Å²) in [6, 6.07) is 7.84. The van der Waals surface area contributed by atoms with E-state index in [-0.39, 0.29) is 6.10 Å². The van der Waals surface area contributed by atoms with Crippen molar-refractivity contribution in [2.75, 3.05) is 13.1 Å². The standard InChI is InChI=1S/C15H24ClNO/c1-4-14(10-17-9-12(2)3)18-11-13-7-5-6-8-15(13)16/h5-8,12,14,17H,4,9-11H2,1-3H3. The first-order valence-corrected chi connectivity index (χ1v) is 7.07. The summed E-state index contributed by atoms with van der Waals surface area (Å²) >= 11 is 6.10. The van der Waals surface area contributed by atoms with Crippen molar-refractivity contribution in [2.24, 2.45) is 5.92 Å². The lowest BCUT2D eigenvalue weighted by Gasteiger charge is -2.18. The van der Waals surface area contributed by atoms with Crippen LogP contribution in [0.15, 0.2) is 24.3 Å². The molecule has 1 atom stereocenters. The molecule has 0 fully saturated rings. The molecule has 0 radical (unpaired) electrons. The van der Waals surface area contributed by atoms with Crippen LogP contribution in [0, 0.1) is 5.92 Å². The number of hydrogen-bond donors (Lipinski definition) is 1. The maximum absolute atomic E-state index is 6.10. The van der Waals surface area contributed by atoms with Crippen molar-refractivity contribution in [3.63, 3.8) is 0 Å². The first-order valence-electron chi connectivity index (χ1n) is 6.69. The highest BCUT2D eigenvalue weighted by Crippen LogP contribution is 2.16. The van der Waals surface area contributed by atoms with Gasteiger partial charge in [-0.05, 0) is 30.5 Å². The zero-order chi connectivity index (χ0) is 13.4. The number of hydrogen-bond acceptors (Lipinski definition) is 2. The highest BCUT2D eigenvalue weighted by atomic mass is 35.5. The van der Waals surface area contributed by atoms with E-state index in [4.69, 9.17) is 16.3 Å². The lowest BCUT2D eigenvalue weighted by molar-refractivity contribution is 0.0381. The van der Waals surface area contributed by atoms with Crippen LogP contribution in [0.1, 0.15) is 32.8 Å². The van der Waals surface area contributed by atoms with Crippen LogP contribution in [0.2, 0.25) is 5.02 Å². The van der Waals surface area contributed by atoms with Gasteiger partial charge < -0.3 is 10.1 Å². The van der Waals surface area contributed by atoms with Gasteiger partial charge in [0, 0.05) is 11.6 Å². The third-order valence-electron chi connectivity index (χ3n) is 2.81. The molecular formula is C15H24ClNO. The SMILES string of the molecule is CCC(CNCC(C)C)OCc1ccccc1Cl. The smallest absolute Gasteiger partial charge is 0.0735 e. The summed E-state index contributed by atoms with van der Waals surface area (Å²) in [5.41, 5.74) is 1.06. The summed E-state index contributed by atoms with van der Waals surface area (Å²) in [5.74, 6) is 0.672. The molecule has 0 aromatic heterocycles. The molecule has 0 heterocycles. The number of halogens is 1. The molecule has 1 unspecified atom stereocenters. The van der Waals surface area contributed by atoms with Gasteiger partial charge in [0.05, 0.1) is 12.7 Å². The van der Waals surface area contributed by atoms with Crippen LogP contribution in [-0.2, 0) is 11.3 Å². The van der Waals surface area contributed by atoms with Crippen LogP contribution in [0.3, 0.4) is 0 Å². The van der Waals surface area contributed by atoms with Gasteiger partial charge in [0.2, 0.25) is 0 Å². The van der Waals surface area contributed by atoms with Crippen molar-refractivity contribution < 1.29 is 4.74 Å². The molecule has 2 nitrogen and oxygen atoms in total. The molecule has 1 aromatic rings. The molecule has 0 amide bonds. The van der Waals surface area contributed by atoms with E-state index in [1.165, 1.54) is 0 Å². The summed E-state index contributed by atoms with van der Waals surface area (Å²) in [6.45, 7) is 9.08. The molecular weight excluding hydrogens is 246 g/mol. The largest absolute Gasteiger partial charge is 0.372 e. The predicted octanol–water partition coefficient (Wildman–Crippen LogP) is 3.88. The second-order valence-corrected chi connectivity index (χ2v) is 5.39. The van der Waals surface area contributed by atoms with E-state index >= 15 is 0 Å². The Morgan fingerprint density at radius 1 is 1.22 bits per heavy atom. The lowest BCUT2D eigenvalue weighted by atomic mass is 10.2. The number of rotatable bonds is 8. The Bertz CT molecular complexity index is 341. The van der Waals surface area contributed by atoms with Crippen molar-refractivity contribution in [1.29, 1.82) is 0 Å². The molecule has 0 aliphatic rings. The average molecular weight is 270 g/mol. The molecule has 0 aliphatic carbocycles. The fraction of sp³-hybridized carbons (Fsp3) is 0.600. The van der Waals surface area contributed by atoms with Crippen LogP contribution in [-0.4, -0.2) is 19.2 Å². The average Bonchev–Trinajstić information content (AvgIpc) is 2.35. The third kappa shape index (κ3) is 5.85. The molecule has 0 bridgehead atoms. The van der Waals surface area contributed by atoms with Gasteiger partial charge in [0.25, 0.3) is 0 Å². The summed E-state index contributed by atoms with van der Waals surface area (Å²) < 4.78 is 5.89. The molecule has 0 saturated heterocycles. The molecule has 1 N–H and O–H groups in total. The molecule has 0 spiro atoms. The normalized spacial score (nSPS) is 12.9. The van der Waals surface area contributed by atoms with E-state index in [1.54, 1.807) is 0 Å². The van der Waals surface area contributed by atoms with Crippen molar-refractivity contribution in [3.8, 4) is 0 Å². The van der Waals surface area contributed by atoms with Crippen LogP contribution < -0.4 is 5.32 Å². The van der Waals surface area contributed by atoms with Gasteiger partial charge in [-0.15, -0.1) is 0 Å². The van der Waals surface area contributed by atoms with E-state index in [2.05, 4.69) is 26.1 Å². The third-order valence-corrected chi connectivity index (χ3v) is 3.18. The van der Waals surface area contributed by atoms with Gasteiger partial charge in [-0.25, -0.2) is 0 Å². The summed E-state index contributed by atoms with van der Waals surface area (Å²) in [6.07, 6.45) is 1.26. The van der Waals surface area contributed by atoms with Gasteiger partial charge in [-0.2, -0.15) is 0 Å². The monoisotopic (exact) mass is 269 g/mol. The van der Waals surface area contributed by atoms with E-state index < -0.39 is 0 Å². The fourth-order valence-corrected chi connectivity index (χ4v) is 1.87. The van der Waals surface area contributed by atoms with Crippen molar-refractivity contribution in [1.82, 2.24) is 5.32 Å². The van der Waals surface area contributed by atoms with Gasteiger partial charge in [0.1, 0.15) is 0 Å².